The predicted molar refractivity (Wildman–Crippen MR) is 65.3 cm³/mol. The van der Waals surface area contributed by atoms with Crippen LogP contribution in [-0.2, 0) is 0 Å². The van der Waals surface area contributed by atoms with Gasteiger partial charge in [-0.05, 0) is 43.4 Å². The Bertz CT molecular complexity index is 385. The third-order valence-corrected chi connectivity index (χ3v) is 2.79. The van der Waals surface area contributed by atoms with Crippen molar-refractivity contribution in [1.29, 1.82) is 0 Å². The molecule has 0 atom stereocenters. The van der Waals surface area contributed by atoms with Crippen molar-refractivity contribution >= 4 is 17.2 Å². The molecule has 15 heavy (non-hydrogen) atoms. The highest BCUT2D eigenvalue weighted by Gasteiger charge is 2.22. The molecule has 0 bridgehead atoms. The summed E-state index contributed by atoms with van der Waals surface area (Å²) < 4.78 is 5.74. The van der Waals surface area contributed by atoms with E-state index in [4.69, 9.17) is 22.7 Å². The Morgan fingerprint density at radius 2 is 2.27 bits per heavy atom. The first-order valence-corrected chi connectivity index (χ1v) is 5.61. The summed E-state index contributed by atoms with van der Waals surface area (Å²) >= 11 is 4.99. The maximum Gasteiger partial charge on any atom is 0.129 e. The molecule has 1 aliphatic rings. The second-order valence-electron chi connectivity index (χ2n) is 4.12. The van der Waals surface area contributed by atoms with Gasteiger partial charge in [-0.25, -0.2) is 0 Å². The van der Waals surface area contributed by atoms with Crippen molar-refractivity contribution in [2.45, 2.75) is 19.8 Å². The van der Waals surface area contributed by atoms with Crippen molar-refractivity contribution in [1.82, 2.24) is 0 Å². The molecule has 2 N–H and O–H groups in total. The van der Waals surface area contributed by atoms with E-state index in [9.17, 15) is 0 Å². The van der Waals surface area contributed by atoms with E-state index < -0.39 is 0 Å². The van der Waals surface area contributed by atoms with Gasteiger partial charge in [0.05, 0.1) is 12.2 Å². The molecular formula is C12H15NOS. The van der Waals surface area contributed by atoms with Crippen LogP contribution in [0.3, 0.4) is 0 Å². The standard InChI is InChI=1S/C12H15NOS/c1-8-2-5-10(12(13)15)11(6-8)14-7-9-3-4-9/h2,5-6,9H,3-4,7H2,1H3,(H2,13,15). The van der Waals surface area contributed by atoms with Crippen LogP contribution in [0.15, 0.2) is 18.2 Å². The third-order valence-electron chi connectivity index (χ3n) is 2.57. The fourth-order valence-electron chi connectivity index (χ4n) is 1.44. The van der Waals surface area contributed by atoms with E-state index in [0.29, 0.717) is 4.99 Å². The van der Waals surface area contributed by atoms with Gasteiger partial charge in [0.25, 0.3) is 0 Å². The molecular weight excluding hydrogens is 206 g/mol. The van der Waals surface area contributed by atoms with E-state index in [1.165, 1.54) is 18.4 Å². The Balaban J connectivity index is 2.16. The molecule has 1 aromatic carbocycles. The highest BCUT2D eigenvalue weighted by Crippen LogP contribution is 2.30. The lowest BCUT2D eigenvalue weighted by molar-refractivity contribution is 0.299. The molecule has 0 spiro atoms. The first-order valence-electron chi connectivity index (χ1n) is 5.20. The molecule has 1 aliphatic carbocycles. The lowest BCUT2D eigenvalue weighted by atomic mass is 10.1. The van der Waals surface area contributed by atoms with Crippen LogP contribution in [0.5, 0.6) is 5.75 Å². The first-order chi connectivity index (χ1) is 7.16. The molecule has 0 aliphatic heterocycles. The summed E-state index contributed by atoms with van der Waals surface area (Å²) in [5.41, 5.74) is 7.65. The molecule has 0 heterocycles. The van der Waals surface area contributed by atoms with Gasteiger partial charge in [0.15, 0.2) is 0 Å². The topological polar surface area (TPSA) is 35.2 Å². The molecule has 2 rings (SSSR count). The summed E-state index contributed by atoms with van der Waals surface area (Å²) in [4.78, 5) is 0.404. The van der Waals surface area contributed by atoms with E-state index >= 15 is 0 Å². The quantitative estimate of drug-likeness (QED) is 0.793. The van der Waals surface area contributed by atoms with Crippen molar-refractivity contribution in [2.24, 2.45) is 11.7 Å². The second kappa shape index (κ2) is 4.19. The highest BCUT2D eigenvalue weighted by molar-refractivity contribution is 7.80. The van der Waals surface area contributed by atoms with Gasteiger partial charge in [-0.3, -0.25) is 0 Å². The third kappa shape index (κ3) is 2.69. The largest absolute Gasteiger partial charge is 0.493 e. The molecule has 1 saturated carbocycles. The Morgan fingerprint density at radius 1 is 1.53 bits per heavy atom. The normalized spacial score (nSPS) is 15.0. The van der Waals surface area contributed by atoms with Crippen molar-refractivity contribution in [3.8, 4) is 5.75 Å². The fraction of sp³-hybridized carbons (Fsp3) is 0.417. The zero-order valence-electron chi connectivity index (χ0n) is 8.82. The van der Waals surface area contributed by atoms with Gasteiger partial charge in [-0.1, -0.05) is 18.3 Å². The Labute approximate surface area is 95.4 Å². The molecule has 3 heteroatoms. The summed E-state index contributed by atoms with van der Waals surface area (Å²) in [6.45, 7) is 2.83. The maximum absolute atomic E-state index is 5.74. The van der Waals surface area contributed by atoms with Crippen LogP contribution < -0.4 is 10.5 Å². The first kappa shape index (κ1) is 10.4. The molecule has 1 aromatic rings. The van der Waals surface area contributed by atoms with Gasteiger partial charge in [0.2, 0.25) is 0 Å². The summed E-state index contributed by atoms with van der Waals surface area (Å²) in [6.07, 6.45) is 2.57. The minimum absolute atomic E-state index is 0.404. The maximum atomic E-state index is 5.74. The predicted octanol–water partition coefficient (Wildman–Crippen LogP) is 2.42. The minimum atomic E-state index is 0.404. The van der Waals surface area contributed by atoms with E-state index in [1.54, 1.807) is 0 Å². The van der Waals surface area contributed by atoms with Gasteiger partial charge < -0.3 is 10.5 Å². The molecule has 2 nitrogen and oxygen atoms in total. The van der Waals surface area contributed by atoms with E-state index in [1.807, 2.05) is 25.1 Å². The van der Waals surface area contributed by atoms with Crippen LogP contribution in [-0.4, -0.2) is 11.6 Å². The summed E-state index contributed by atoms with van der Waals surface area (Å²) in [7, 11) is 0. The SMILES string of the molecule is Cc1ccc(C(N)=S)c(OCC2CC2)c1. The van der Waals surface area contributed by atoms with E-state index in [-0.39, 0.29) is 0 Å². The fourth-order valence-corrected chi connectivity index (χ4v) is 1.61. The lowest BCUT2D eigenvalue weighted by Crippen LogP contribution is -2.12. The van der Waals surface area contributed by atoms with Gasteiger partial charge in [0, 0.05) is 0 Å². The smallest absolute Gasteiger partial charge is 0.129 e. The molecule has 0 saturated heterocycles. The minimum Gasteiger partial charge on any atom is -0.493 e. The summed E-state index contributed by atoms with van der Waals surface area (Å²) in [6, 6.07) is 5.93. The van der Waals surface area contributed by atoms with Crippen molar-refractivity contribution in [2.75, 3.05) is 6.61 Å². The molecule has 0 aromatic heterocycles. The van der Waals surface area contributed by atoms with Crippen molar-refractivity contribution in [3.63, 3.8) is 0 Å². The number of aryl methyl sites for hydroxylation is 1. The van der Waals surface area contributed by atoms with Gasteiger partial charge >= 0.3 is 0 Å². The number of hydrogen-bond donors (Lipinski definition) is 1. The summed E-state index contributed by atoms with van der Waals surface area (Å²) in [5.74, 6) is 1.57. The Kier molecular flexibility index (Phi) is 2.91. The van der Waals surface area contributed by atoms with Crippen LogP contribution >= 0.6 is 12.2 Å². The number of benzene rings is 1. The lowest BCUT2D eigenvalue weighted by Gasteiger charge is -2.10. The van der Waals surface area contributed by atoms with Crippen LogP contribution in [0.2, 0.25) is 0 Å². The van der Waals surface area contributed by atoms with Gasteiger partial charge in [-0.2, -0.15) is 0 Å². The highest BCUT2D eigenvalue weighted by atomic mass is 32.1. The van der Waals surface area contributed by atoms with Crippen LogP contribution in [0.25, 0.3) is 0 Å². The average Bonchev–Trinajstić information content (AvgIpc) is 2.97. The zero-order valence-corrected chi connectivity index (χ0v) is 9.64. The number of ether oxygens (including phenoxy) is 1. The summed E-state index contributed by atoms with van der Waals surface area (Å²) in [5, 5.41) is 0. The van der Waals surface area contributed by atoms with E-state index in [0.717, 1.165) is 23.8 Å². The van der Waals surface area contributed by atoms with Gasteiger partial charge in [0.1, 0.15) is 10.7 Å². The van der Waals surface area contributed by atoms with Crippen LogP contribution in [0, 0.1) is 12.8 Å². The molecule has 0 unspecified atom stereocenters. The second-order valence-corrected chi connectivity index (χ2v) is 4.56. The molecule has 0 amide bonds. The number of hydrogen-bond acceptors (Lipinski definition) is 2. The Hall–Kier alpha value is -1.09. The molecule has 0 radical (unpaired) electrons. The van der Waals surface area contributed by atoms with Crippen molar-refractivity contribution < 1.29 is 4.74 Å². The van der Waals surface area contributed by atoms with E-state index in [2.05, 4.69) is 0 Å². The molecule has 1 fully saturated rings. The average molecular weight is 221 g/mol. The van der Waals surface area contributed by atoms with Gasteiger partial charge in [-0.15, -0.1) is 0 Å². The Morgan fingerprint density at radius 3 is 2.87 bits per heavy atom. The number of rotatable bonds is 4. The van der Waals surface area contributed by atoms with Crippen LogP contribution in [0.1, 0.15) is 24.0 Å². The van der Waals surface area contributed by atoms with Crippen molar-refractivity contribution in [3.05, 3.63) is 29.3 Å². The molecule has 80 valence electrons. The number of nitrogens with two attached hydrogens (primary N) is 1. The van der Waals surface area contributed by atoms with Crippen LogP contribution in [0.4, 0.5) is 0 Å². The monoisotopic (exact) mass is 221 g/mol. The zero-order chi connectivity index (χ0) is 10.8. The number of thiocarbonyl (C=S) groups is 1.